The molecule has 0 amide bonds. The number of fused-ring (bicyclic) bond motifs is 1. The third-order valence-corrected chi connectivity index (χ3v) is 4.39. The first kappa shape index (κ1) is 15.8. The molecule has 116 valence electrons. The van der Waals surface area contributed by atoms with E-state index in [1.165, 1.54) is 31.2 Å². The average Bonchev–Trinajstić information content (AvgIpc) is 2.72. The SMILES string of the molecule is CCCCCCC(NC)c1ccc2c(c1)n(C)c(=O)n2C. The van der Waals surface area contributed by atoms with Gasteiger partial charge >= 0.3 is 5.69 Å². The lowest BCUT2D eigenvalue weighted by molar-refractivity contribution is 0.505. The van der Waals surface area contributed by atoms with E-state index in [1.54, 1.807) is 9.13 Å². The second-order valence-electron chi connectivity index (χ2n) is 5.84. The maximum atomic E-state index is 12.0. The van der Waals surface area contributed by atoms with E-state index in [2.05, 4.69) is 30.4 Å². The van der Waals surface area contributed by atoms with E-state index in [0.29, 0.717) is 6.04 Å². The van der Waals surface area contributed by atoms with Crippen LogP contribution in [0.3, 0.4) is 0 Å². The molecule has 21 heavy (non-hydrogen) atoms. The summed E-state index contributed by atoms with van der Waals surface area (Å²) in [6.07, 6.45) is 6.25. The molecule has 0 aliphatic carbocycles. The van der Waals surface area contributed by atoms with Gasteiger partial charge in [-0.15, -0.1) is 0 Å². The molecule has 0 aliphatic heterocycles. The Balaban J connectivity index is 2.24. The Hall–Kier alpha value is -1.55. The molecular weight excluding hydrogens is 262 g/mol. The van der Waals surface area contributed by atoms with Crippen LogP contribution in [0.5, 0.6) is 0 Å². The topological polar surface area (TPSA) is 39.0 Å². The van der Waals surface area contributed by atoms with Gasteiger partial charge in [0.2, 0.25) is 0 Å². The lowest BCUT2D eigenvalue weighted by atomic mass is 9.99. The second-order valence-corrected chi connectivity index (χ2v) is 5.84. The Bertz CT molecular complexity index is 654. The van der Waals surface area contributed by atoms with E-state index in [4.69, 9.17) is 0 Å². The summed E-state index contributed by atoms with van der Waals surface area (Å²) in [6.45, 7) is 2.24. The van der Waals surface area contributed by atoms with Crippen LogP contribution in [0.2, 0.25) is 0 Å². The molecule has 4 heteroatoms. The summed E-state index contributed by atoms with van der Waals surface area (Å²) in [6, 6.07) is 6.71. The quantitative estimate of drug-likeness (QED) is 0.795. The minimum atomic E-state index is 0.0334. The van der Waals surface area contributed by atoms with Gasteiger partial charge in [0.15, 0.2) is 0 Å². The van der Waals surface area contributed by atoms with E-state index < -0.39 is 0 Å². The molecule has 0 saturated heterocycles. The molecule has 0 radical (unpaired) electrons. The molecule has 0 saturated carbocycles. The largest absolute Gasteiger partial charge is 0.328 e. The van der Waals surface area contributed by atoms with Gasteiger partial charge in [0.1, 0.15) is 0 Å². The molecule has 2 rings (SSSR count). The molecule has 0 aliphatic rings. The number of aromatic nitrogens is 2. The summed E-state index contributed by atoms with van der Waals surface area (Å²) in [4.78, 5) is 12.0. The molecule has 2 aromatic rings. The first-order valence-electron chi connectivity index (χ1n) is 7.92. The summed E-state index contributed by atoms with van der Waals surface area (Å²) >= 11 is 0. The minimum Gasteiger partial charge on any atom is -0.313 e. The van der Waals surface area contributed by atoms with Gasteiger partial charge in [0.05, 0.1) is 11.0 Å². The van der Waals surface area contributed by atoms with Crippen LogP contribution in [0.25, 0.3) is 11.0 Å². The van der Waals surface area contributed by atoms with Gasteiger partial charge in [-0.25, -0.2) is 4.79 Å². The molecule has 0 bridgehead atoms. The lowest BCUT2D eigenvalue weighted by Crippen LogP contribution is -2.19. The van der Waals surface area contributed by atoms with E-state index in [1.807, 2.05) is 21.1 Å². The minimum absolute atomic E-state index is 0.0334. The van der Waals surface area contributed by atoms with Gasteiger partial charge < -0.3 is 5.32 Å². The number of hydrogen-bond acceptors (Lipinski definition) is 2. The van der Waals surface area contributed by atoms with Crippen molar-refractivity contribution in [2.45, 2.75) is 45.1 Å². The van der Waals surface area contributed by atoms with Crippen LogP contribution in [0, 0.1) is 0 Å². The Labute approximate surface area is 126 Å². The number of hydrogen-bond donors (Lipinski definition) is 1. The van der Waals surface area contributed by atoms with Crippen molar-refractivity contribution >= 4 is 11.0 Å². The van der Waals surface area contributed by atoms with Crippen molar-refractivity contribution in [3.63, 3.8) is 0 Å². The first-order valence-corrected chi connectivity index (χ1v) is 7.92. The fourth-order valence-corrected chi connectivity index (χ4v) is 2.99. The predicted molar refractivity (Wildman–Crippen MR) is 88.7 cm³/mol. The van der Waals surface area contributed by atoms with Crippen molar-refractivity contribution in [1.29, 1.82) is 0 Å². The zero-order chi connectivity index (χ0) is 15.4. The van der Waals surface area contributed by atoms with Crippen LogP contribution in [-0.2, 0) is 14.1 Å². The van der Waals surface area contributed by atoms with Crippen LogP contribution in [0.4, 0.5) is 0 Å². The molecule has 4 nitrogen and oxygen atoms in total. The van der Waals surface area contributed by atoms with Crippen molar-refractivity contribution in [2.75, 3.05) is 7.05 Å². The summed E-state index contributed by atoms with van der Waals surface area (Å²) in [5, 5.41) is 3.41. The van der Waals surface area contributed by atoms with Crippen molar-refractivity contribution in [3.05, 3.63) is 34.2 Å². The summed E-state index contributed by atoms with van der Waals surface area (Å²) in [5.41, 5.74) is 3.30. The highest BCUT2D eigenvalue weighted by atomic mass is 16.1. The number of benzene rings is 1. The highest BCUT2D eigenvalue weighted by Crippen LogP contribution is 2.23. The number of unbranched alkanes of at least 4 members (excludes halogenated alkanes) is 3. The van der Waals surface area contributed by atoms with Gasteiger partial charge in [-0.05, 0) is 31.2 Å². The standard InChI is InChI=1S/C17H27N3O/c1-5-6-7-8-9-14(18-2)13-10-11-15-16(12-13)20(4)17(21)19(15)3/h10-12,14,18H,5-9H2,1-4H3. The normalized spacial score (nSPS) is 13.0. The molecular formula is C17H27N3O. The molecule has 1 heterocycles. The van der Waals surface area contributed by atoms with Crippen LogP contribution < -0.4 is 11.0 Å². The van der Waals surface area contributed by atoms with Crippen LogP contribution in [0.15, 0.2) is 23.0 Å². The van der Waals surface area contributed by atoms with Gasteiger partial charge in [-0.3, -0.25) is 9.13 Å². The number of nitrogens with zero attached hydrogens (tertiary/aromatic N) is 2. The molecule has 1 aromatic heterocycles. The van der Waals surface area contributed by atoms with Gasteiger partial charge in [-0.1, -0.05) is 38.7 Å². The Morgan fingerprint density at radius 2 is 1.81 bits per heavy atom. The second kappa shape index (κ2) is 6.94. The number of rotatable bonds is 7. The highest BCUT2D eigenvalue weighted by Gasteiger charge is 2.13. The summed E-state index contributed by atoms with van der Waals surface area (Å²) in [5.74, 6) is 0. The van der Waals surface area contributed by atoms with Crippen LogP contribution >= 0.6 is 0 Å². The van der Waals surface area contributed by atoms with E-state index in [9.17, 15) is 4.79 Å². The van der Waals surface area contributed by atoms with Crippen LogP contribution in [0.1, 0.15) is 50.6 Å². The summed E-state index contributed by atoms with van der Waals surface area (Å²) < 4.78 is 3.43. The summed E-state index contributed by atoms with van der Waals surface area (Å²) in [7, 11) is 5.67. The number of nitrogens with one attached hydrogen (secondary N) is 1. The third kappa shape index (κ3) is 3.21. The monoisotopic (exact) mass is 289 g/mol. The predicted octanol–water partition coefficient (Wildman–Crippen LogP) is 3.11. The lowest BCUT2D eigenvalue weighted by Gasteiger charge is -2.17. The average molecular weight is 289 g/mol. The molecule has 1 aromatic carbocycles. The number of aryl methyl sites for hydroxylation is 2. The molecule has 0 spiro atoms. The maximum Gasteiger partial charge on any atom is 0.328 e. The van der Waals surface area contributed by atoms with E-state index in [-0.39, 0.29) is 5.69 Å². The zero-order valence-corrected chi connectivity index (χ0v) is 13.6. The maximum absolute atomic E-state index is 12.0. The molecule has 0 fully saturated rings. The smallest absolute Gasteiger partial charge is 0.313 e. The Morgan fingerprint density at radius 1 is 1.10 bits per heavy atom. The number of imidazole rings is 1. The first-order chi connectivity index (χ1) is 10.1. The van der Waals surface area contributed by atoms with Gasteiger partial charge in [0.25, 0.3) is 0 Å². The fourth-order valence-electron chi connectivity index (χ4n) is 2.99. The van der Waals surface area contributed by atoms with Crippen LogP contribution in [-0.4, -0.2) is 16.2 Å². The molecule has 1 N–H and O–H groups in total. The van der Waals surface area contributed by atoms with Gasteiger partial charge in [0, 0.05) is 20.1 Å². The molecule has 1 atom stereocenters. The Morgan fingerprint density at radius 3 is 2.48 bits per heavy atom. The van der Waals surface area contributed by atoms with E-state index in [0.717, 1.165) is 17.5 Å². The van der Waals surface area contributed by atoms with Crippen molar-refractivity contribution in [3.8, 4) is 0 Å². The zero-order valence-electron chi connectivity index (χ0n) is 13.6. The van der Waals surface area contributed by atoms with Crippen molar-refractivity contribution < 1.29 is 0 Å². The fraction of sp³-hybridized carbons (Fsp3) is 0.588. The Kier molecular flexibility index (Phi) is 5.23. The van der Waals surface area contributed by atoms with Crippen molar-refractivity contribution in [2.24, 2.45) is 14.1 Å². The van der Waals surface area contributed by atoms with E-state index >= 15 is 0 Å². The van der Waals surface area contributed by atoms with Gasteiger partial charge in [-0.2, -0.15) is 0 Å². The highest BCUT2D eigenvalue weighted by molar-refractivity contribution is 5.77. The molecule has 1 unspecified atom stereocenters. The third-order valence-electron chi connectivity index (χ3n) is 4.39. The van der Waals surface area contributed by atoms with Crippen molar-refractivity contribution in [1.82, 2.24) is 14.5 Å².